The van der Waals surface area contributed by atoms with Crippen molar-refractivity contribution < 1.29 is 17.9 Å². The molecule has 0 aromatic heterocycles. The van der Waals surface area contributed by atoms with Crippen molar-refractivity contribution in [3.8, 4) is 5.75 Å². The van der Waals surface area contributed by atoms with Crippen LogP contribution in [0.1, 0.15) is 18.4 Å². The first-order valence-corrected chi connectivity index (χ1v) is 11.1. The van der Waals surface area contributed by atoms with E-state index >= 15 is 0 Å². The van der Waals surface area contributed by atoms with Crippen LogP contribution in [0.5, 0.6) is 5.75 Å². The van der Waals surface area contributed by atoms with E-state index in [9.17, 15) is 8.42 Å². The molecule has 1 fully saturated rings. The van der Waals surface area contributed by atoms with Crippen LogP contribution in [0.4, 0.5) is 0 Å². The van der Waals surface area contributed by atoms with Gasteiger partial charge < -0.3 is 9.47 Å². The fourth-order valence-corrected chi connectivity index (χ4v) is 4.60. The Morgan fingerprint density at radius 2 is 1.66 bits per heavy atom. The van der Waals surface area contributed by atoms with Crippen LogP contribution in [0.3, 0.4) is 0 Å². The standard InChI is InChI=1S/C21H28N2O4S.ClH/c1-26-15-16-27-20-7-9-21(10-8-20)28(24,25)22-19-11-13-23(14-12-19)17-18-5-3-2-4-6-18;/h2-10,19,22H,11-17H2,1H3;1H. The fraction of sp³-hybridized carbons (Fsp3) is 0.429. The van der Waals surface area contributed by atoms with E-state index in [4.69, 9.17) is 9.47 Å². The number of rotatable bonds is 9. The first-order chi connectivity index (χ1) is 13.6. The summed E-state index contributed by atoms with van der Waals surface area (Å²) in [5, 5.41) is 0. The predicted molar refractivity (Wildman–Crippen MR) is 116 cm³/mol. The average Bonchev–Trinajstić information content (AvgIpc) is 2.71. The summed E-state index contributed by atoms with van der Waals surface area (Å²) in [5.74, 6) is 0.630. The van der Waals surface area contributed by atoms with E-state index in [0.29, 0.717) is 19.0 Å². The van der Waals surface area contributed by atoms with Crippen molar-refractivity contribution in [1.82, 2.24) is 9.62 Å². The second-order valence-corrected chi connectivity index (χ2v) is 8.68. The van der Waals surface area contributed by atoms with E-state index in [1.54, 1.807) is 31.4 Å². The molecule has 6 nitrogen and oxygen atoms in total. The van der Waals surface area contributed by atoms with E-state index in [0.717, 1.165) is 32.5 Å². The first-order valence-electron chi connectivity index (χ1n) is 9.57. The van der Waals surface area contributed by atoms with E-state index in [-0.39, 0.29) is 23.3 Å². The van der Waals surface area contributed by atoms with Crippen molar-refractivity contribution in [2.75, 3.05) is 33.4 Å². The van der Waals surface area contributed by atoms with Gasteiger partial charge in [0.05, 0.1) is 11.5 Å². The molecule has 29 heavy (non-hydrogen) atoms. The summed E-state index contributed by atoms with van der Waals surface area (Å²) in [7, 11) is -1.92. The van der Waals surface area contributed by atoms with Gasteiger partial charge in [0, 0.05) is 32.8 Å². The molecule has 0 amide bonds. The summed E-state index contributed by atoms with van der Waals surface area (Å²) in [5.41, 5.74) is 1.29. The van der Waals surface area contributed by atoms with Gasteiger partial charge in [-0.1, -0.05) is 30.3 Å². The number of hydrogen-bond donors (Lipinski definition) is 1. The van der Waals surface area contributed by atoms with E-state index in [1.165, 1.54) is 5.56 Å². The lowest BCUT2D eigenvalue weighted by Crippen LogP contribution is -2.44. The molecule has 8 heteroatoms. The van der Waals surface area contributed by atoms with Crippen LogP contribution in [0.2, 0.25) is 0 Å². The van der Waals surface area contributed by atoms with Crippen LogP contribution in [0.15, 0.2) is 59.5 Å². The highest BCUT2D eigenvalue weighted by Gasteiger charge is 2.24. The van der Waals surface area contributed by atoms with Gasteiger partial charge in [-0.3, -0.25) is 4.90 Å². The lowest BCUT2D eigenvalue weighted by Gasteiger charge is -2.32. The van der Waals surface area contributed by atoms with Crippen LogP contribution in [0.25, 0.3) is 0 Å². The van der Waals surface area contributed by atoms with Crippen LogP contribution in [0, 0.1) is 0 Å². The maximum Gasteiger partial charge on any atom is 0.240 e. The van der Waals surface area contributed by atoms with Crippen LogP contribution in [-0.4, -0.2) is 52.8 Å². The Bertz CT molecular complexity index is 824. The van der Waals surface area contributed by atoms with Crippen LogP contribution in [-0.2, 0) is 21.3 Å². The topological polar surface area (TPSA) is 67.9 Å². The van der Waals surface area contributed by atoms with Gasteiger partial charge in [-0.25, -0.2) is 13.1 Å². The van der Waals surface area contributed by atoms with Crippen molar-refractivity contribution in [3.63, 3.8) is 0 Å². The number of methoxy groups -OCH3 is 1. The Morgan fingerprint density at radius 3 is 2.28 bits per heavy atom. The number of hydrogen-bond acceptors (Lipinski definition) is 5. The van der Waals surface area contributed by atoms with Crippen molar-refractivity contribution in [2.45, 2.75) is 30.3 Å². The van der Waals surface area contributed by atoms with Gasteiger partial charge in [-0.05, 0) is 42.7 Å². The Labute approximate surface area is 179 Å². The maximum absolute atomic E-state index is 12.7. The molecule has 0 bridgehead atoms. The summed E-state index contributed by atoms with van der Waals surface area (Å²) in [6.45, 7) is 3.60. The molecule has 1 N–H and O–H groups in total. The monoisotopic (exact) mass is 440 g/mol. The first kappa shape index (κ1) is 23.6. The molecule has 1 aliphatic rings. The van der Waals surface area contributed by atoms with Gasteiger partial charge in [-0.15, -0.1) is 12.4 Å². The fourth-order valence-electron chi connectivity index (χ4n) is 3.30. The number of piperidine rings is 1. The molecular formula is C21H29ClN2O4S. The molecule has 1 saturated heterocycles. The number of nitrogens with zero attached hydrogens (tertiary/aromatic N) is 1. The van der Waals surface area contributed by atoms with E-state index in [2.05, 4.69) is 21.8 Å². The molecule has 0 saturated carbocycles. The quantitative estimate of drug-likeness (QED) is 0.607. The van der Waals surface area contributed by atoms with Crippen molar-refractivity contribution in [2.24, 2.45) is 0 Å². The van der Waals surface area contributed by atoms with Gasteiger partial charge in [0.15, 0.2) is 0 Å². The second-order valence-electron chi connectivity index (χ2n) is 6.97. The molecule has 0 unspecified atom stereocenters. The van der Waals surface area contributed by atoms with Crippen molar-refractivity contribution in [1.29, 1.82) is 0 Å². The lowest BCUT2D eigenvalue weighted by molar-refractivity contribution is 0.146. The smallest absolute Gasteiger partial charge is 0.240 e. The predicted octanol–water partition coefficient (Wildman–Crippen LogP) is 3.08. The third-order valence-corrected chi connectivity index (χ3v) is 6.39. The number of halogens is 1. The minimum Gasteiger partial charge on any atom is -0.491 e. The minimum atomic E-state index is -3.53. The molecule has 0 spiro atoms. The number of likely N-dealkylation sites (tertiary alicyclic amines) is 1. The Kier molecular flexibility index (Phi) is 9.39. The number of benzene rings is 2. The third kappa shape index (κ3) is 7.28. The molecule has 0 atom stereocenters. The normalized spacial score (nSPS) is 15.6. The highest BCUT2D eigenvalue weighted by molar-refractivity contribution is 7.89. The average molecular weight is 441 g/mol. The Morgan fingerprint density at radius 1 is 1.00 bits per heavy atom. The summed E-state index contributed by atoms with van der Waals surface area (Å²) >= 11 is 0. The molecule has 2 aromatic rings. The Balaban J connectivity index is 0.00000300. The highest BCUT2D eigenvalue weighted by atomic mass is 35.5. The minimum absolute atomic E-state index is 0. The maximum atomic E-state index is 12.7. The number of nitrogens with one attached hydrogen (secondary N) is 1. The third-order valence-electron chi connectivity index (χ3n) is 4.85. The summed E-state index contributed by atoms with van der Waals surface area (Å²) < 4.78 is 38.6. The number of ether oxygens (including phenoxy) is 2. The van der Waals surface area contributed by atoms with Crippen molar-refractivity contribution >= 4 is 22.4 Å². The SMILES string of the molecule is COCCOc1ccc(S(=O)(=O)NC2CCN(Cc3ccccc3)CC2)cc1.Cl. The second kappa shape index (κ2) is 11.5. The molecule has 2 aromatic carbocycles. The lowest BCUT2D eigenvalue weighted by atomic mass is 10.1. The molecule has 160 valence electrons. The molecular weight excluding hydrogens is 412 g/mol. The summed E-state index contributed by atoms with van der Waals surface area (Å²) in [4.78, 5) is 2.63. The molecule has 3 rings (SSSR count). The Hall–Kier alpha value is -1.64. The zero-order valence-electron chi connectivity index (χ0n) is 16.6. The molecule has 0 radical (unpaired) electrons. The zero-order chi connectivity index (χ0) is 19.8. The van der Waals surface area contributed by atoms with Gasteiger partial charge in [0.2, 0.25) is 10.0 Å². The van der Waals surface area contributed by atoms with E-state index < -0.39 is 10.0 Å². The zero-order valence-corrected chi connectivity index (χ0v) is 18.3. The summed E-state index contributed by atoms with van der Waals surface area (Å²) in [6.07, 6.45) is 1.62. The van der Waals surface area contributed by atoms with Gasteiger partial charge in [0.1, 0.15) is 12.4 Å². The highest BCUT2D eigenvalue weighted by Crippen LogP contribution is 2.19. The van der Waals surface area contributed by atoms with Gasteiger partial charge in [-0.2, -0.15) is 0 Å². The largest absolute Gasteiger partial charge is 0.491 e. The molecule has 1 heterocycles. The number of sulfonamides is 1. The van der Waals surface area contributed by atoms with Crippen LogP contribution >= 0.6 is 12.4 Å². The van der Waals surface area contributed by atoms with E-state index in [1.807, 2.05) is 18.2 Å². The summed E-state index contributed by atoms with van der Waals surface area (Å²) in [6, 6.07) is 16.8. The van der Waals surface area contributed by atoms with Crippen molar-refractivity contribution in [3.05, 3.63) is 60.2 Å². The van der Waals surface area contributed by atoms with Crippen LogP contribution < -0.4 is 9.46 Å². The van der Waals surface area contributed by atoms with Gasteiger partial charge >= 0.3 is 0 Å². The molecule has 1 aliphatic heterocycles. The molecule has 0 aliphatic carbocycles. The van der Waals surface area contributed by atoms with Gasteiger partial charge in [0.25, 0.3) is 0 Å².